The van der Waals surface area contributed by atoms with Crippen molar-refractivity contribution in [3.8, 4) is 11.5 Å². The Bertz CT molecular complexity index is 1140. The van der Waals surface area contributed by atoms with E-state index in [1.165, 1.54) is 17.7 Å². The van der Waals surface area contributed by atoms with Crippen molar-refractivity contribution in [3.05, 3.63) is 47.7 Å². The van der Waals surface area contributed by atoms with Gasteiger partial charge in [0.1, 0.15) is 11.5 Å². The van der Waals surface area contributed by atoms with Crippen LogP contribution in [0.2, 0.25) is 0 Å². The molecule has 0 fully saturated rings. The first kappa shape index (κ1) is 19.6. The van der Waals surface area contributed by atoms with Crippen molar-refractivity contribution in [3.63, 3.8) is 0 Å². The number of benzene rings is 2. The topological polar surface area (TPSA) is 80.4 Å². The number of fused-ring (bicyclic) bond motifs is 3. The molecule has 0 bridgehead atoms. The quantitative estimate of drug-likeness (QED) is 0.590. The fraction of sp³-hybridized carbons (Fsp3) is 0.364. The van der Waals surface area contributed by atoms with E-state index in [-0.39, 0.29) is 4.90 Å². The highest BCUT2D eigenvalue weighted by Crippen LogP contribution is 2.34. The van der Waals surface area contributed by atoms with Gasteiger partial charge in [-0.2, -0.15) is 0 Å². The molecule has 6 nitrogen and oxygen atoms in total. The summed E-state index contributed by atoms with van der Waals surface area (Å²) in [6.45, 7) is 4.67. The Labute approximate surface area is 171 Å². The zero-order valence-electron chi connectivity index (χ0n) is 16.7. The average Bonchev–Trinajstić information content (AvgIpc) is 3.08. The Morgan fingerprint density at radius 1 is 1.00 bits per heavy atom. The summed E-state index contributed by atoms with van der Waals surface area (Å²) in [7, 11) is -3.78. The SMILES string of the molecule is CCOc1ccc(OCC)c(NS(=O)(=O)c2ccc3[nH]c4c(c3c2)CCCC4)c1. The predicted molar refractivity (Wildman–Crippen MR) is 115 cm³/mol. The van der Waals surface area contributed by atoms with Crippen LogP contribution in [0.1, 0.15) is 37.9 Å². The van der Waals surface area contributed by atoms with Gasteiger partial charge < -0.3 is 14.5 Å². The van der Waals surface area contributed by atoms with Gasteiger partial charge in [0.05, 0.1) is 23.8 Å². The van der Waals surface area contributed by atoms with Crippen LogP contribution in [0.5, 0.6) is 11.5 Å². The largest absolute Gasteiger partial charge is 0.494 e. The number of aromatic amines is 1. The third-order valence-corrected chi connectivity index (χ3v) is 6.55. The normalized spacial score (nSPS) is 13.9. The number of anilines is 1. The third-order valence-electron chi connectivity index (χ3n) is 5.19. The maximum Gasteiger partial charge on any atom is 0.262 e. The summed E-state index contributed by atoms with van der Waals surface area (Å²) in [6, 6.07) is 10.4. The van der Waals surface area contributed by atoms with Gasteiger partial charge in [-0.25, -0.2) is 8.42 Å². The van der Waals surface area contributed by atoms with Crippen LogP contribution < -0.4 is 14.2 Å². The molecule has 0 radical (unpaired) electrons. The minimum absolute atomic E-state index is 0.238. The molecule has 1 heterocycles. The molecule has 0 aliphatic heterocycles. The van der Waals surface area contributed by atoms with Gasteiger partial charge in [-0.3, -0.25) is 4.72 Å². The summed E-state index contributed by atoms with van der Waals surface area (Å²) < 4.78 is 40.1. The van der Waals surface area contributed by atoms with Gasteiger partial charge in [-0.1, -0.05) is 0 Å². The van der Waals surface area contributed by atoms with Crippen LogP contribution in [0.4, 0.5) is 5.69 Å². The maximum absolute atomic E-state index is 13.1. The van der Waals surface area contributed by atoms with Crippen molar-refractivity contribution in [2.75, 3.05) is 17.9 Å². The van der Waals surface area contributed by atoms with Crippen molar-refractivity contribution in [2.45, 2.75) is 44.4 Å². The first-order valence-electron chi connectivity index (χ1n) is 10.1. The molecule has 1 aromatic heterocycles. The molecule has 0 saturated carbocycles. The van der Waals surface area contributed by atoms with Gasteiger partial charge in [-0.05, 0) is 75.4 Å². The van der Waals surface area contributed by atoms with Crippen molar-refractivity contribution >= 4 is 26.6 Å². The minimum Gasteiger partial charge on any atom is -0.494 e. The van der Waals surface area contributed by atoms with E-state index in [0.29, 0.717) is 30.4 Å². The number of nitrogens with one attached hydrogen (secondary N) is 2. The molecule has 0 amide bonds. The van der Waals surface area contributed by atoms with Gasteiger partial charge in [0, 0.05) is 22.7 Å². The third kappa shape index (κ3) is 3.92. The standard InChI is InChI=1S/C22H26N2O4S/c1-3-27-15-9-12-22(28-4-2)21(13-15)24-29(25,26)16-10-11-20-18(14-16)17-7-5-6-8-19(17)23-20/h9-14,23-24H,3-8H2,1-2H3. The van der Waals surface area contributed by atoms with Gasteiger partial charge in [0.2, 0.25) is 0 Å². The summed E-state index contributed by atoms with van der Waals surface area (Å²) in [5, 5.41) is 0.996. The summed E-state index contributed by atoms with van der Waals surface area (Å²) in [5.41, 5.74) is 3.84. The van der Waals surface area contributed by atoms with E-state index in [0.717, 1.165) is 30.2 Å². The first-order chi connectivity index (χ1) is 14.0. The fourth-order valence-corrected chi connectivity index (χ4v) is 4.97. The maximum atomic E-state index is 13.1. The second-order valence-corrected chi connectivity index (χ2v) is 8.81. The molecular formula is C22H26N2O4S. The molecule has 0 unspecified atom stereocenters. The molecule has 0 saturated heterocycles. The molecule has 4 rings (SSSR count). The van der Waals surface area contributed by atoms with Crippen molar-refractivity contribution in [1.29, 1.82) is 0 Å². The molecule has 2 N–H and O–H groups in total. The van der Waals surface area contributed by atoms with Gasteiger partial charge in [-0.15, -0.1) is 0 Å². The smallest absolute Gasteiger partial charge is 0.262 e. The van der Waals surface area contributed by atoms with Crippen LogP contribution >= 0.6 is 0 Å². The Hall–Kier alpha value is -2.67. The zero-order chi connectivity index (χ0) is 20.4. The molecule has 154 valence electrons. The monoisotopic (exact) mass is 414 g/mol. The second kappa shape index (κ2) is 7.99. The average molecular weight is 415 g/mol. The summed E-state index contributed by atoms with van der Waals surface area (Å²) in [4.78, 5) is 3.68. The Balaban J connectivity index is 1.71. The molecule has 0 atom stereocenters. The molecule has 1 aliphatic rings. The lowest BCUT2D eigenvalue weighted by Crippen LogP contribution is -2.14. The predicted octanol–water partition coefficient (Wildman–Crippen LogP) is 4.64. The van der Waals surface area contributed by atoms with E-state index in [1.807, 2.05) is 19.9 Å². The lowest BCUT2D eigenvalue weighted by molar-refractivity contribution is 0.332. The van der Waals surface area contributed by atoms with E-state index in [1.54, 1.807) is 30.3 Å². The van der Waals surface area contributed by atoms with Crippen LogP contribution in [0.3, 0.4) is 0 Å². The van der Waals surface area contributed by atoms with Crippen molar-refractivity contribution in [2.24, 2.45) is 0 Å². The molecule has 1 aliphatic carbocycles. The molecule has 7 heteroatoms. The molecule has 29 heavy (non-hydrogen) atoms. The Morgan fingerprint density at radius 2 is 1.79 bits per heavy atom. The van der Waals surface area contributed by atoms with E-state index in [4.69, 9.17) is 9.47 Å². The number of ether oxygens (including phenoxy) is 2. The number of sulfonamides is 1. The minimum atomic E-state index is -3.78. The van der Waals surface area contributed by atoms with E-state index < -0.39 is 10.0 Å². The van der Waals surface area contributed by atoms with Gasteiger partial charge in [0.25, 0.3) is 10.0 Å². The van der Waals surface area contributed by atoms with E-state index >= 15 is 0 Å². The first-order valence-corrected chi connectivity index (χ1v) is 11.6. The Morgan fingerprint density at radius 3 is 2.59 bits per heavy atom. The summed E-state index contributed by atoms with van der Waals surface area (Å²) in [6.07, 6.45) is 4.31. The molecule has 3 aromatic rings. The van der Waals surface area contributed by atoms with Crippen LogP contribution in [0.25, 0.3) is 10.9 Å². The number of aryl methyl sites for hydroxylation is 2. The zero-order valence-corrected chi connectivity index (χ0v) is 17.6. The van der Waals surface area contributed by atoms with Crippen molar-refractivity contribution in [1.82, 2.24) is 4.98 Å². The molecule has 0 spiro atoms. The molecule has 2 aromatic carbocycles. The lowest BCUT2D eigenvalue weighted by Gasteiger charge is -2.15. The molecular weight excluding hydrogens is 388 g/mol. The van der Waals surface area contributed by atoms with Crippen molar-refractivity contribution < 1.29 is 17.9 Å². The van der Waals surface area contributed by atoms with Crippen LogP contribution in [-0.4, -0.2) is 26.6 Å². The van der Waals surface area contributed by atoms with E-state index in [9.17, 15) is 8.42 Å². The number of H-pyrrole nitrogens is 1. The lowest BCUT2D eigenvalue weighted by atomic mass is 9.96. The number of hydrogen-bond acceptors (Lipinski definition) is 4. The summed E-state index contributed by atoms with van der Waals surface area (Å²) in [5.74, 6) is 1.06. The highest BCUT2D eigenvalue weighted by Gasteiger charge is 2.21. The van der Waals surface area contributed by atoms with Crippen LogP contribution in [0, 0.1) is 0 Å². The number of rotatable bonds is 7. The number of hydrogen-bond donors (Lipinski definition) is 2. The van der Waals surface area contributed by atoms with E-state index in [2.05, 4.69) is 9.71 Å². The Kier molecular flexibility index (Phi) is 5.41. The van der Waals surface area contributed by atoms with Crippen LogP contribution in [-0.2, 0) is 22.9 Å². The number of aromatic nitrogens is 1. The summed E-state index contributed by atoms with van der Waals surface area (Å²) >= 11 is 0. The highest BCUT2D eigenvalue weighted by molar-refractivity contribution is 7.92. The highest BCUT2D eigenvalue weighted by atomic mass is 32.2. The van der Waals surface area contributed by atoms with Gasteiger partial charge in [0.15, 0.2) is 0 Å². The fourth-order valence-electron chi connectivity index (χ4n) is 3.88. The second-order valence-electron chi connectivity index (χ2n) is 7.13. The van der Waals surface area contributed by atoms with Crippen LogP contribution in [0.15, 0.2) is 41.3 Å². The van der Waals surface area contributed by atoms with Gasteiger partial charge >= 0.3 is 0 Å².